The van der Waals surface area contributed by atoms with Crippen LogP contribution < -0.4 is 9.47 Å². The van der Waals surface area contributed by atoms with E-state index in [0.29, 0.717) is 6.42 Å². The van der Waals surface area contributed by atoms with Gasteiger partial charge in [-0.3, -0.25) is 0 Å². The van der Waals surface area contributed by atoms with Crippen LogP contribution in [0.3, 0.4) is 0 Å². The van der Waals surface area contributed by atoms with Crippen LogP contribution >= 0.6 is 0 Å². The topological polar surface area (TPSA) is 198 Å². The zero-order valence-corrected chi connectivity index (χ0v) is 38.6. The number of halogens is 2. The number of cyclic esters (lactones) is 1. The van der Waals surface area contributed by atoms with Crippen LogP contribution in [-0.4, -0.2) is 121 Å². The molecule has 15 nitrogen and oxygen atoms in total. The number of aliphatic hydroxyl groups is 3. The number of ether oxygens (including phenoxy) is 9. The number of fused-ring (bicyclic) bond motifs is 2. The molecule has 3 aliphatic rings. The number of rotatable bonds is 14. The van der Waals surface area contributed by atoms with Crippen LogP contribution in [-0.2, 0) is 33.2 Å². The molecule has 2 fully saturated rings. The predicted molar refractivity (Wildman–Crippen MR) is 235 cm³/mol. The normalized spacial score (nSPS) is 27.1. The van der Waals surface area contributed by atoms with Gasteiger partial charge in [-0.05, 0) is 84.6 Å². The van der Waals surface area contributed by atoms with E-state index in [1.165, 1.54) is 44.6 Å². The minimum Gasteiger partial charge on any atom is -0.478 e. The van der Waals surface area contributed by atoms with E-state index in [4.69, 9.17) is 42.6 Å². The summed E-state index contributed by atoms with van der Waals surface area (Å²) in [5, 5.41) is 40.5. The van der Waals surface area contributed by atoms with Gasteiger partial charge in [0.15, 0.2) is 25.2 Å². The van der Waals surface area contributed by atoms with Crippen molar-refractivity contribution in [2.45, 2.75) is 129 Å². The summed E-state index contributed by atoms with van der Waals surface area (Å²) in [5.74, 6) is -5.40. The molecule has 17 heteroatoms. The molecule has 0 saturated carbocycles. The third-order valence-corrected chi connectivity index (χ3v) is 10.8. The molecule has 10 atom stereocenters. The first-order chi connectivity index (χ1) is 30.6. The van der Waals surface area contributed by atoms with Gasteiger partial charge in [-0.2, -0.15) is 0 Å². The first kappa shape index (κ1) is 53.1. The lowest BCUT2D eigenvalue weighted by Crippen LogP contribution is -2.34. The van der Waals surface area contributed by atoms with E-state index >= 15 is 0 Å². The average Bonchev–Trinajstić information content (AvgIpc) is 3.73. The number of esters is 1. The number of carbonyl (C=O) groups is 2. The molecule has 3 aliphatic heterocycles. The number of hydrogen-bond donors (Lipinski definition) is 4. The molecule has 0 radical (unpaired) electrons. The number of carboxylic acid groups (broad SMARTS) is 1. The summed E-state index contributed by atoms with van der Waals surface area (Å²) in [6, 6.07) is 4.96. The van der Waals surface area contributed by atoms with Gasteiger partial charge in [-0.25, -0.2) is 18.4 Å². The zero-order valence-electron chi connectivity index (χ0n) is 38.6. The highest BCUT2D eigenvalue weighted by Gasteiger charge is 2.45. The van der Waals surface area contributed by atoms with Crippen molar-refractivity contribution in [1.82, 2.24) is 0 Å². The Labute approximate surface area is 379 Å². The van der Waals surface area contributed by atoms with Crippen LogP contribution in [0, 0.1) is 23.5 Å². The highest BCUT2D eigenvalue weighted by molar-refractivity contribution is 5.97. The Kier molecular flexibility index (Phi) is 19.4. The lowest BCUT2D eigenvalue weighted by molar-refractivity contribution is -0.152. The fourth-order valence-electron chi connectivity index (χ4n) is 7.15. The van der Waals surface area contributed by atoms with Crippen molar-refractivity contribution in [3.63, 3.8) is 0 Å². The molecule has 0 spiro atoms. The SMILES string of the molecule is COCOc1ccc(F)c(/C=C/C[C@@H]2OC(C)(C)O[C@@H]2C(O)/C=C\[C@@H](C)[C@H](C)O)c1C(=O)O.COCOc1ccc(F)c2c1C(=O)O[C@@H](C)[C@H](C)/C=C\C(O)[C@H]1OC(C)(C)O[C@H]1CC=C2. The van der Waals surface area contributed by atoms with Crippen molar-refractivity contribution >= 4 is 24.1 Å². The third-order valence-electron chi connectivity index (χ3n) is 10.8. The molecule has 0 aliphatic carbocycles. The van der Waals surface area contributed by atoms with E-state index in [0.717, 1.165) is 6.07 Å². The Morgan fingerprint density at radius 2 is 1.52 bits per heavy atom. The second-order valence-electron chi connectivity index (χ2n) is 16.9. The van der Waals surface area contributed by atoms with Gasteiger partial charge in [0.25, 0.3) is 0 Å². The van der Waals surface area contributed by atoms with Gasteiger partial charge in [0.1, 0.15) is 64.8 Å². The van der Waals surface area contributed by atoms with E-state index < -0.39 is 84.0 Å². The van der Waals surface area contributed by atoms with E-state index in [9.17, 15) is 38.8 Å². The Morgan fingerprint density at radius 1 is 0.892 bits per heavy atom. The average molecular weight is 919 g/mol. The zero-order chi connectivity index (χ0) is 48.2. The number of carboxylic acids is 1. The molecule has 2 aromatic rings. The summed E-state index contributed by atoms with van der Waals surface area (Å²) >= 11 is 0. The number of benzene rings is 2. The fraction of sp³-hybridized carbons (Fsp3) is 0.542. The van der Waals surface area contributed by atoms with Crippen molar-refractivity contribution in [2.24, 2.45) is 11.8 Å². The minimum atomic E-state index is -1.34. The second kappa shape index (κ2) is 23.8. The predicted octanol–water partition coefficient (Wildman–Crippen LogP) is 7.21. The largest absolute Gasteiger partial charge is 0.478 e. The van der Waals surface area contributed by atoms with Crippen LogP contribution in [0.4, 0.5) is 8.78 Å². The maximum absolute atomic E-state index is 14.8. The molecule has 2 saturated heterocycles. The molecule has 65 heavy (non-hydrogen) atoms. The summed E-state index contributed by atoms with van der Waals surface area (Å²) in [6.07, 6.45) is 7.99. The van der Waals surface area contributed by atoms with Crippen molar-refractivity contribution in [1.29, 1.82) is 0 Å². The number of carbonyl (C=O) groups excluding carboxylic acids is 1. The smallest absolute Gasteiger partial charge is 0.342 e. The van der Waals surface area contributed by atoms with Crippen LogP contribution in [0.1, 0.15) is 100 Å². The van der Waals surface area contributed by atoms with Gasteiger partial charge in [0.2, 0.25) is 0 Å². The first-order valence-corrected chi connectivity index (χ1v) is 21.4. The third kappa shape index (κ3) is 14.7. The van der Waals surface area contributed by atoms with Gasteiger partial charge >= 0.3 is 11.9 Å². The van der Waals surface area contributed by atoms with Crippen LogP contribution in [0.15, 0.2) is 60.7 Å². The Hall–Kier alpha value is -4.56. The van der Waals surface area contributed by atoms with Crippen molar-refractivity contribution in [3.05, 3.63) is 94.6 Å². The van der Waals surface area contributed by atoms with Crippen LogP contribution in [0.5, 0.6) is 11.5 Å². The Morgan fingerprint density at radius 3 is 2.17 bits per heavy atom. The molecule has 2 unspecified atom stereocenters. The molecule has 2 aromatic carbocycles. The monoisotopic (exact) mass is 918 g/mol. The number of aliphatic hydroxyl groups excluding tert-OH is 3. The summed E-state index contributed by atoms with van der Waals surface area (Å²) in [5.41, 5.74) is -0.430. The number of hydrogen-bond acceptors (Lipinski definition) is 14. The van der Waals surface area contributed by atoms with Gasteiger partial charge in [0, 0.05) is 31.3 Å². The summed E-state index contributed by atoms with van der Waals surface area (Å²) in [4.78, 5) is 24.8. The van der Waals surface area contributed by atoms with Crippen LogP contribution in [0.25, 0.3) is 12.2 Å². The highest BCUT2D eigenvalue weighted by atomic mass is 19.1. The van der Waals surface area contributed by atoms with Gasteiger partial charge in [-0.1, -0.05) is 62.5 Å². The van der Waals surface area contributed by atoms with Gasteiger partial charge in [-0.15, -0.1) is 0 Å². The Balaban J connectivity index is 0.000000285. The number of aromatic carboxylic acids is 1. The quantitative estimate of drug-likeness (QED) is 0.0842. The number of methoxy groups -OCH3 is 2. The van der Waals surface area contributed by atoms with Crippen molar-refractivity contribution < 1.29 is 81.4 Å². The summed E-state index contributed by atoms with van der Waals surface area (Å²) in [7, 11) is 2.84. The molecule has 360 valence electrons. The molecule has 3 heterocycles. The van der Waals surface area contributed by atoms with Crippen molar-refractivity contribution in [3.8, 4) is 11.5 Å². The molecule has 5 rings (SSSR count). The molecular weight excluding hydrogens is 855 g/mol. The fourth-order valence-corrected chi connectivity index (χ4v) is 7.15. The van der Waals surface area contributed by atoms with E-state index in [1.807, 2.05) is 13.8 Å². The van der Waals surface area contributed by atoms with E-state index in [2.05, 4.69) is 0 Å². The molecule has 0 amide bonds. The maximum atomic E-state index is 14.8. The minimum absolute atomic E-state index is 0.0149. The lowest BCUT2D eigenvalue weighted by atomic mass is 9.99. The molecule has 0 bridgehead atoms. The maximum Gasteiger partial charge on any atom is 0.342 e. The van der Waals surface area contributed by atoms with Gasteiger partial charge in [0.05, 0.1) is 18.3 Å². The molecular formula is C48H64F2O15. The summed E-state index contributed by atoms with van der Waals surface area (Å²) in [6.45, 7) is 13.8. The van der Waals surface area contributed by atoms with Gasteiger partial charge < -0.3 is 63.1 Å². The Bertz CT molecular complexity index is 2030. The molecule has 4 N–H and O–H groups in total. The van der Waals surface area contributed by atoms with E-state index in [-0.39, 0.29) is 65.6 Å². The highest BCUT2D eigenvalue weighted by Crippen LogP contribution is 2.36. The van der Waals surface area contributed by atoms with E-state index in [1.54, 1.807) is 78.0 Å². The molecule has 0 aromatic heterocycles. The second-order valence-corrected chi connectivity index (χ2v) is 16.9. The standard InChI is InChI=1S/C24H33FO8.C24H31FO7/c1-14(15(2)26)9-11-18(27)22-20(32-24(3,4)33-22)8-6-7-16-17(25)10-12-19(31-13-30-5)21(16)23(28)29;1-14-9-11-18(26)22-20(31-24(3,4)32-22)8-6-7-16-17(25)10-12-19(29-13-28-5)21(16)23(27)30-15(14)2/h6-7,9-12,14-15,18,20,22,26-27H,8,13H2,1-5H3,(H,28,29);6-7,9-12,14-15,18,20,22,26H,8,13H2,1-5H3/b7-6+,11-9-;7-6?,11-9-/t2*14-,15+,18?,20+,22-/m11/s1. The lowest BCUT2D eigenvalue weighted by Gasteiger charge is -2.22. The van der Waals surface area contributed by atoms with Crippen LogP contribution in [0.2, 0.25) is 0 Å². The van der Waals surface area contributed by atoms with Crippen molar-refractivity contribution in [2.75, 3.05) is 27.8 Å². The first-order valence-electron chi connectivity index (χ1n) is 21.4. The summed E-state index contributed by atoms with van der Waals surface area (Å²) < 4.78 is 79.0.